The van der Waals surface area contributed by atoms with E-state index in [-0.39, 0.29) is 41.6 Å². The van der Waals surface area contributed by atoms with Crippen LogP contribution in [0.1, 0.15) is 31.1 Å². The molecule has 2 aromatic carbocycles. The molecule has 8 nitrogen and oxygen atoms in total. The Kier molecular flexibility index (Phi) is 7.82. The van der Waals surface area contributed by atoms with E-state index in [2.05, 4.69) is 4.99 Å². The van der Waals surface area contributed by atoms with Crippen LogP contribution in [0.5, 0.6) is 0 Å². The van der Waals surface area contributed by atoms with Crippen molar-refractivity contribution in [3.8, 4) is 0 Å². The minimum atomic E-state index is -3.71. The topological polar surface area (TPSA) is 90.2 Å². The third kappa shape index (κ3) is 5.70. The van der Waals surface area contributed by atoms with Gasteiger partial charge in [0.1, 0.15) is 5.82 Å². The maximum atomic E-state index is 13.7. The van der Waals surface area contributed by atoms with E-state index in [0.29, 0.717) is 29.3 Å². The molecule has 3 aromatic rings. The number of nitrogens with zero attached hydrogens (tertiary/aromatic N) is 3. The van der Waals surface area contributed by atoms with Gasteiger partial charge in [-0.25, -0.2) is 12.8 Å². The predicted molar refractivity (Wildman–Crippen MR) is 131 cm³/mol. The highest BCUT2D eigenvalue weighted by Crippen LogP contribution is 2.22. The summed E-state index contributed by atoms with van der Waals surface area (Å²) < 4.78 is 54.8. The maximum Gasteiger partial charge on any atom is 0.279 e. The Hall–Kier alpha value is -2.44. The van der Waals surface area contributed by atoms with E-state index >= 15 is 0 Å². The fourth-order valence-electron chi connectivity index (χ4n) is 4.05. The van der Waals surface area contributed by atoms with Crippen molar-refractivity contribution in [2.45, 2.75) is 44.4 Å². The summed E-state index contributed by atoms with van der Waals surface area (Å²) in [5, 5.41) is 0. The van der Waals surface area contributed by atoms with Crippen LogP contribution in [-0.4, -0.2) is 61.7 Å². The van der Waals surface area contributed by atoms with Crippen molar-refractivity contribution < 1.29 is 27.1 Å². The lowest BCUT2D eigenvalue weighted by molar-refractivity contribution is -0.0440. The van der Waals surface area contributed by atoms with Gasteiger partial charge in [-0.3, -0.25) is 4.79 Å². The molecule has 0 saturated carbocycles. The van der Waals surface area contributed by atoms with E-state index in [9.17, 15) is 17.6 Å². The smallest absolute Gasteiger partial charge is 0.279 e. The number of ether oxygens (including phenoxy) is 2. The first-order valence-corrected chi connectivity index (χ1v) is 13.7. The Morgan fingerprint density at radius 3 is 2.51 bits per heavy atom. The molecule has 2 unspecified atom stereocenters. The number of sulfonamides is 1. The average molecular weight is 522 g/mol. The van der Waals surface area contributed by atoms with Gasteiger partial charge in [-0.2, -0.15) is 9.30 Å². The van der Waals surface area contributed by atoms with Crippen molar-refractivity contribution in [1.82, 2.24) is 8.87 Å². The van der Waals surface area contributed by atoms with Gasteiger partial charge < -0.3 is 14.0 Å². The van der Waals surface area contributed by atoms with Gasteiger partial charge >= 0.3 is 0 Å². The Morgan fingerprint density at radius 1 is 1.17 bits per heavy atom. The van der Waals surface area contributed by atoms with Gasteiger partial charge in [-0.15, -0.1) is 0 Å². The van der Waals surface area contributed by atoms with Crippen molar-refractivity contribution in [1.29, 1.82) is 0 Å². The Labute approximate surface area is 207 Å². The van der Waals surface area contributed by atoms with Gasteiger partial charge in [0.25, 0.3) is 5.91 Å². The highest BCUT2D eigenvalue weighted by atomic mass is 32.2. The second-order valence-electron chi connectivity index (χ2n) is 8.37. The number of amides is 1. The number of hydrogen-bond donors (Lipinski definition) is 0. The first-order valence-electron chi connectivity index (χ1n) is 11.4. The molecule has 1 aliphatic heterocycles. The summed E-state index contributed by atoms with van der Waals surface area (Å²) >= 11 is 1.21. The van der Waals surface area contributed by atoms with Crippen LogP contribution in [-0.2, 0) is 26.0 Å². The maximum absolute atomic E-state index is 13.7. The second-order valence-corrected chi connectivity index (χ2v) is 11.3. The number of fused-ring (bicyclic) bond motifs is 1. The monoisotopic (exact) mass is 521 g/mol. The Morgan fingerprint density at radius 2 is 1.86 bits per heavy atom. The van der Waals surface area contributed by atoms with Crippen LogP contribution >= 0.6 is 11.3 Å². The van der Waals surface area contributed by atoms with Gasteiger partial charge in [0.15, 0.2) is 4.80 Å². The van der Waals surface area contributed by atoms with Gasteiger partial charge in [-0.1, -0.05) is 11.3 Å². The SMILES string of the molecule is CCOCCn1c(=NC(=O)c2ccc(S(=O)(=O)N3CC(C)OC(C)C3)cc2)sc2cc(F)ccc21. The number of carbonyl (C=O) groups is 1. The fourth-order valence-corrected chi connectivity index (χ4v) is 6.72. The minimum Gasteiger partial charge on any atom is -0.380 e. The zero-order valence-corrected chi connectivity index (χ0v) is 21.4. The number of thiazole rings is 1. The molecule has 2 atom stereocenters. The van der Waals surface area contributed by atoms with Crippen molar-refractivity contribution in [2.24, 2.45) is 4.99 Å². The summed E-state index contributed by atoms with van der Waals surface area (Å²) in [4.78, 5) is 17.7. The predicted octanol–water partition coefficient (Wildman–Crippen LogP) is 3.42. The molecule has 0 N–H and O–H groups in total. The van der Waals surface area contributed by atoms with Gasteiger partial charge in [-0.05, 0) is 63.2 Å². The molecule has 0 bridgehead atoms. The van der Waals surface area contributed by atoms with E-state index in [0.717, 1.165) is 5.52 Å². The average Bonchev–Trinajstić information content (AvgIpc) is 3.14. The fraction of sp³-hybridized carbons (Fsp3) is 0.417. The lowest BCUT2D eigenvalue weighted by Gasteiger charge is -2.34. The van der Waals surface area contributed by atoms with Crippen LogP contribution in [0, 0.1) is 5.82 Å². The van der Waals surface area contributed by atoms with Crippen LogP contribution in [0.2, 0.25) is 0 Å². The van der Waals surface area contributed by atoms with Crippen LogP contribution in [0.3, 0.4) is 0 Å². The van der Waals surface area contributed by atoms with Crippen LogP contribution in [0.25, 0.3) is 10.2 Å². The number of hydrogen-bond acceptors (Lipinski definition) is 6. The summed E-state index contributed by atoms with van der Waals surface area (Å²) in [6, 6.07) is 10.2. The molecule has 11 heteroatoms. The number of morpholine rings is 1. The molecule has 0 spiro atoms. The molecule has 0 aliphatic carbocycles. The van der Waals surface area contributed by atoms with Crippen LogP contribution < -0.4 is 4.80 Å². The van der Waals surface area contributed by atoms with Crippen molar-refractivity contribution in [3.63, 3.8) is 0 Å². The lowest BCUT2D eigenvalue weighted by atomic mass is 10.2. The van der Waals surface area contributed by atoms with E-state index in [1.165, 1.54) is 52.0 Å². The molecule has 1 aliphatic rings. The first kappa shape index (κ1) is 25.6. The number of carbonyl (C=O) groups excluding carboxylic acids is 1. The third-order valence-electron chi connectivity index (χ3n) is 5.63. The number of benzene rings is 2. The lowest BCUT2D eigenvalue weighted by Crippen LogP contribution is -2.48. The molecule has 1 fully saturated rings. The van der Waals surface area contributed by atoms with E-state index in [4.69, 9.17) is 9.47 Å². The Bertz CT molecular complexity index is 1370. The standard InChI is InChI=1S/C24H28FN3O5S2/c1-4-32-12-11-28-21-10-7-19(25)13-22(21)34-24(28)26-23(29)18-5-8-20(9-6-18)35(30,31)27-14-16(2)33-17(3)15-27/h5-10,13,16-17H,4,11-12,14-15H2,1-3H3. The quantitative estimate of drug-likeness (QED) is 0.445. The molecule has 35 heavy (non-hydrogen) atoms. The summed E-state index contributed by atoms with van der Waals surface area (Å²) in [6.07, 6.45) is -0.394. The highest BCUT2D eigenvalue weighted by Gasteiger charge is 2.32. The summed E-state index contributed by atoms with van der Waals surface area (Å²) in [6.45, 7) is 7.55. The summed E-state index contributed by atoms with van der Waals surface area (Å²) in [7, 11) is -3.71. The van der Waals surface area contributed by atoms with Gasteiger partial charge in [0, 0.05) is 31.8 Å². The van der Waals surface area contributed by atoms with E-state index < -0.39 is 15.9 Å². The molecular weight excluding hydrogens is 493 g/mol. The third-order valence-corrected chi connectivity index (χ3v) is 8.52. The molecular formula is C24H28FN3O5S2. The molecule has 0 radical (unpaired) electrons. The van der Waals surface area contributed by atoms with Crippen molar-refractivity contribution >= 4 is 37.5 Å². The number of halogens is 1. The van der Waals surface area contributed by atoms with Gasteiger partial charge in [0.05, 0.1) is 33.9 Å². The zero-order valence-electron chi connectivity index (χ0n) is 19.8. The van der Waals surface area contributed by atoms with Crippen LogP contribution in [0.15, 0.2) is 52.4 Å². The normalized spacial score (nSPS) is 19.9. The van der Waals surface area contributed by atoms with Gasteiger partial charge in [0.2, 0.25) is 10.0 Å². The molecule has 2 heterocycles. The van der Waals surface area contributed by atoms with Crippen molar-refractivity contribution in [2.75, 3.05) is 26.3 Å². The second kappa shape index (κ2) is 10.7. The van der Waals surface area contributed by atoms with E-state index in [1.54, 1.807) is 6.07 Å². The van der Waals surface area contributed by atoms with Crippen molar-refractivity contribution in [3.05, 3.63) is 58.6 Å². The number of rotatable bonds is 7. The highest BCUT2D eigenvalue weighted by molar-refractivity contribution is 7.89. The summed E-state index contributed by atoms with van der Waals surface area (Å²) in [5.41, 5.74) is 1.02. The number of aromatic nitrogens is 1. The summed E-state index contributed by atoms with van der Waals surface area (Å²) in [5.74, 6) is -0.880. The van der Waals surface area contributed by atoms with E-state index in [1.807, 2.05) is 25.3 Å². The molecule has 1 saturated heterocycles. The Balaban J connectivity index is 1.62. The largest absolute Gasteiger partial charge is 0.380 e. The minimum absolute atomic E-state index is 0.111. The molecule has 1 aromatic heterocycles. The zero-order chi connectivity index (χ0) is 25.2. The molecule has 188 valence electrons. The molecule has 4 rings (SSSR count). The van der Waals surface area contributed by atoms with Crippen LogP contribution in [0.4, 0.5) is 4.39 Å². The molecule has 1 amide bonds. The first-order chi connectivity index (χ1) is 16.7.